The first-order valence-electron chi connectivity index (χ1n) is 43.6. The SMILES string of the molecule is CCCCCCCCCCCCCCCCCCCCCCC(=O)O[C@H](COC(=O)CCCCCCCCCCCCCCCCCCC)COP(=O)(O)OC[C@@H](O)COP(=O)(O)OC[C@@H](COC(=O)CCCCCCCCC(C)C)OC(=O)CCCCCCCCCCCCCCCCCCC. The van der Waals surface area contributed by atoms with Crippen molar-refractivity contribution in [2.45, 2.75) is 470 Å². The summed E-state index contributed by atoms with van der Waals surface area (Å²) in [4.78, 5) is 73.1. The number of aliphatic hydroxyl groups excluding tert-OH is 1. The van der Waals surface area contributed by atoms with Gasteiger partial charge in [0.25, 0.3) is 0 Å². The number of aliphatic hydroxyl groups is 1. The lowest BCUT2D eigenvalue weighted by Gasteiger charge is -2.21. The molecule has 0 aliphatic rings. The van der Waals surface area contributed by atoms with Gasteiger partial charge in [-0.1, -0.05) is 401 Å². The molecule has 0 aliphatic heterocycles. The fourth-order valence-electron chi connectivity index (χ4n) is 13.1. The molecule has 0 saturated heterocycles. The minimum atomic E-state index is -4.96. The van der Waals surface area contributed by atoms with Crippen LogP contribution in [0.3, 0.4) is 0 Å². The van der Waals surface area contributed by atoms with Crippen LogP contribution in [0.5, 0.6) is 0 Å². The van der Waals surface area contributed by atoms with Gasteiger partial charge in [0.2, 0.25) is 0 Å². The van der Waals surface area contributed by atoms with Crippen LogP contribution in [0.4, 0.5) is 0 Å². The van der Waals surface area contributed by atoms with Crippen molar-refractivity contribution in [2.24, 2.45) is 5.92 Å². The molecule has 0 aromatic rings. The normalized spacial score (nSPS) is 13.8. The van der Waals surface area contributed by atoms with Gasteiger partial charge in [0, 0.05) is 25.7 Å². The Hall–Kier alpha value is -1.94. The van der Waals surface area contributed by atoms with E-state index in [1.807, 2.05) is 0 Å². The lowest BCUT2D eigenvalue weighted by Crippen LogP contribution is -2.30. The number of ether oxygens (including phenoxy) is 4. The van der Waals surface area contributed by atoms with Crippen molar-refractivity contribution in [3.63, 3.8) is 0 Å². The van der Waals surface area contributed by atoms with Crippen molar-refractivity contribution in [1.29, 1.82) is 0 Å². The van der Waals surface area contributed by atoms with Gasteiger partial charge in [-0.05, 0) is 31.6 Å². The Labute approximate surface area is 632 Å². The van der Waals surface area contributed by atoms with Crippen LogP contribution in [-0.4, -0.2) is 96.7 Å². The van der Waals surface area contributed by atoms with Gasteiger partial charge in [-0.25, -0.2) is 9.13 Å². The van der Waals surface area contributed by atoms with E-state index in [-0.39, 0.29) is 25.7 Å². The second-order valence-corrected chi connectivity index (χ2v) is 33.6. The molecule has 0 saturated carbocycles. The van der Waals surface area contributed by atoms with Crippen molar-refractivity contribution >= 4 is 39.5 Å². The van der Waals surface area contributed by atoms with Crippen LogP contribution < -0.4 is 0 Å². The molecule has 0 fully saturated rings. The largest absolute Gasteiger partial charge is 0.472 e. The number of hydrogen-bond acceptors (Lipinski definition) is 15. The van der Waals surface area contributed by atoms with E-state index in [2.05, 4.69) is 34.6 Å². The molecule has 0 spiro atoms. The zero-order valence-electron chi connectivity index (χ0n) is 67.5. The van der Waals surface area contributed by atoms with Crippen molar-refractivity contribution in [3.05, 3.63) is 0 Å². The topological polar surface area (TPSA) is 237 Å². The standard InChI is InChI=1S/C84H164O17P2/c1-6-9-12-15-18-21-24-27-30-33-34-35-38-41-44-47-50-53-60-64-69-83(88)100-79(73-94-81(86)67-62-57-51-48-45-42-39-36-31-28-25-22-19-16-13-10-7-2)75-98-102(90,91)96-71-78(85)72-97-103(92,93)99-76-80(74-95-82(87)68-63-58-55-54-56-61-66-77(4)5)101-84(89)70-65-59-52-49-46-43-40-37-32-29-26-23-20-17-14-11-8-3/h77-80,85H,6-76H2,1-5H3,(H,90,91)(H,92,93)/t78-,79-,80-/m1/s1. The molecule has 0 bridgehead atoms. The first-order chi connectivity index (χ1) is 50.0. The molecular weight excluding hydrogens is 1340 g/mol. The van der Waals surface area contributed by atoms with Crippen molar-refractivity contribution in [3.8, 4) is 0 Å². The zero-order chi connectivity index (χ0) is 75.5. The van der Waals surface area contributed by atoms with Gasteiger partial charge >= 0.3 is 39.5 Å². The van der Waals surface area contributed by atoms with E-state index in [1.54, 1.807) is 0 Å². The lowest BCUT2D eigenvalue weighted by atomic mass is 10.0. The Balaban J connectivity index is 5.21. The molecule has 19 heteroatoms. The van der Waals surface area contributed by atoms with Crippen LogP contribution >= 0.6 is 15.6 Å². The van der Waals surface area contributed by atoms with E-state index in [4.69, 9.17) is 37.0 Å². The molecule has 103 heavy (non-hydrogen) atoms. The van der Waals surface area contributed by atoms with Gasteiger partial charge in [0.15, 0.2) is 12.2 Å². The molecule has 0 amide bonds. The summed E-state index contributed by atoms with van der Waals surface area (Å²) in [5.41, 5.74) is 0. The second-order valence-electron chi connectivity index (χ2n) is 30.7. The smallest absolute Gasteiger partial charge is 0.462 e. The third kappa shape index (κ3) is 78.0. The highest BCUT2D eigenvalue weighted by Crippen LogP contribution is 2.45. The second kappa shape index (κ2) is 76.8. The minimum absolute atomic E-state index is 0.108. The molecule has 17 nitrogen and oxygen atoms in total. The highest BCUT2D eigenvalue weighted by Gasteiger charge is 2.30. The molecule has 2 unspecified atom stereocenters. The van der Waals surface area contributed by atoms with E-state index < -0.39 is 97.5 Å². The number of phosphoric ester groups is 2. The van der Waals surface area contributed by atoms with Gasteiger partial charge in [0.1, 0.15) is 19.3 Å². The minimum Gasteiger partial charge on any atom is -0.462 e. The summed E-state index contributed by atoms with van der Waals surface area (Å²) in [5.74, 6) is -1.42. The maximum absolute atomic E-state index is 13.1. The molecule has 0 aromatic heterocycles. The third-order valence-corrected chi connectivity index (χ3v) is 21.7. The van der Waals surface area contributed by atoms with Crippen LogP contribution in [0.2, 0.25) is 0 Å². The first-order valence-corrected chi connectivity index (χ1v) is 46.6. The maximum atomic E-state index is 13.1. The van der Waals surface area contributed by atoms with E-state index in [0.717, 1.165) is 96.3 Å². The molecule has 0 radical (unpaired) electrons. The molecule has 612 valence electrons. The number of carbonyl (C=O) groups excluding carboxylic acids is 4. The predicted molar refractivity (Wildman–Crippen MR) is 423 cm³/mol. The summed E-state index contributed by atoms with van der Waals surface area (Å²) >= 11 is 0. The summed E-state index contributed by atoms with van der Waals surface area (Å²) in [6, 6.07) is 0. The fraction of sp³-hybridized carbons (Fsp3) is 0.952. The van der Waals surface area contributed by atoms with E-state index in [0.29, 0.717) is 31.6 Å². The molecule has 0 heterocycles. The number of unbranched alkanes of at least 4 members (excludes halogenated alkanes) is 56. The van der Waals surface area contributed by atoms with Gasteiger partial charge in [0.05, 0.1) is 26.4 Å². The average Bonchev–Trinajstić information content (AvgIpc) is 0.961. The van der Waals surface area contributed by atoms with Crippen LogP contribution in [0, 0.1) is 5.92 Å². The first kappa shape index (κ1) is 101. The van der Waals surface area contributed by atoms with E-state index in [9.17, 15) is 43.2 Å². The van der Waals surface area contributed by atoms with Crippen molar-refractivity contribution in [1.82, 2.24) is 0 Å². The highest BCUT2D eigenvalue weighted by atomic mass is 31.2. The molecule has 3 N–H and O–H groups in total. The van der Waals surface area contributed by atoms with Crippen molar-refractivity contribution < 1.29 is 80.2 Å². The highest BCUT2D eigenvalue weighted by molar-refractivity contribution is 7.47. The monoisotopic (exact) mass is 1510 g/mol. The van der Waals surface area contributed by atoms with E-state index in [1.165, 1.54) is 270 Å². The summed E-state index contributed by atoms with van der Waals surface area (Å²) in [5, 5.41) is 10.7. The van der Waals surface area contributed by atoms with Crippen LogP contribution in [0.15, 0.2) is 0 Å². The Morgan fingerprint density at radius 1 is 0.262 bits per heavy atom. The maximum Gasteiger partial charge on any atom is 0.472 e. The molecule has 0 aromatic carbocycles. The van der Waals surface area contributed by atoms with Gasteiger partial charge in [-0.3, -0.25) is 37.3 Å². The number of rotatable bonds is 84. The summed E-state index contributed by atoms with van der Waals surface area (Å²) < 4.78 is 68.8. The van der Waals surface area contributed by atoms with Crippen LogP contribution in [0.25, 0.3) is 0 Å². The Morgan fingerprint density at radius 2 is 0.447 bits per heavy atom. The summed E-state index contributed by atoms with van der Waals surface area (Å²) in [6.45, 7) is 7.27. The lowest BCUT2D eigenvalue weighted by molar-refractivity contribution is -0.161. The molecule has 5 atom stereocenters. The number of phosphoric acid groups is 2. The third-order valence-electron chi connectivity index (χ3n) is 19.8. The molecule has 0 rings (SSSR count). The van der Waals surface area contributed by atoms with Crippen LogP contribution in [-0.2, 0) is 65.4 Å². The number of esters is 4. The Bertz CT molecular complexity index is 1960. The molecular formula is C84H164O17P2. The summed E-state index contributed by atoms with van der Waals surface area (Å²) in [7, 11) is -9.92. The number of hydrogen-bond donors (Lipinski definition) is 3. The quantitative estimate of drug-likeness (QED) is 0.0222. The van der Waals surface area contributed by atoms with Crippen LogP contribution in [0.1, 0.15) is 452 Å². The van der Waals surface area contributed by atoms with Gasteiger partial charge < -0.3 is 33.8 Å². The Morgan fingerprint density at radius 3 is 0.660 bits per heavy atom. The number of carbonyl (C=O) groups is 4. The average molecular weight is 1510 g/mol. The molecule has 0 aliphatic carbocycles. The van der Waals surface area contributed by atoms with Crippen molar-refractivity contribution in [2.75, 3.05) is 39.6 Å². The Kier molecular flexibility index (Phi) is 75.4. The predicted octanol–water partition coefficient (Wildman–Crippen LogP) is 25.6. The fourth-order valence-corrected chi connectivity index (χ4v) is 14.7. The zero-order valence-corrected chi connectivity index (χ0v) is 69.3. The van der Waals surface area contributed by atoms with E-state index >= 15 is 0 Å². The van der Waals surface area contributed by atoms with Gasteiger partial charge in [-0.15, -0.1) is 0 Å². The van der Waals surface area contributed by atoms with Gasteiger partial charge in [-0.2, -0.15) is 0 Å². The summed E-state index contributed by atoms with van der Waals surface area (Å²) in [6.07, 6.45) is 69.6.